The topological polar surface area (TPSA) is 54.0 Å². The van der Waals surface area contributed by atoms with Crippen molar-refractivity contribution >= 4 is 11.7 Å². The van der Waals surface area contributed by atoms with Gasteiger partial charge in [0.15, 0.2) is 0 Å². The number of hydrogen-bond acceptors (Lipinski definition) is 2. The van der Waals surface area contributed by atoms with Crippen LogP contribution in [0.2, 0.25) is 0 Å². The summed E-state index contributed by atoms with van der Waals surface area (Å²) in [6, 6.07) is 4.09. The number of urea groups is 1. The molecule has 0 saturated heterocycles. The molecule has 12 heteroatoms. The van der Waals surface area contributed by atoms with Crippen molar-refractivity contribution in [1.29, 1.82) is 0 Å². The first-order valence-electron chi connectivity index (χ1n) is 9.08. The van der Waals surface area contributed by atoms with E-state index in [1.165, 1.54) is 0 Å². The van der Waals surface area contributed by atoms with Crippen molar-refractivity contribution in [3.63, 3.8) is 0 Å². The number of hydrogen-bond donors (Lipinski definition) is 2. The van der Waals surface area contributed by atoms with Crippen molar-refractivity contribution in [2.24, 2.45) is 0 Å². The van der Waals surface area contributed by atoms with Crippen molar-refractivity contribution in [3.05, 3.63) is 94.8 Å². The molecule has 174 valence electrons. The quantitative estimate of drug-likeness (QED) is 0.435. The Morgan fingerprint density at radius 2 is 1.55 bits per heavy atom. The molecule has 0 aliphatic carbocycles. The Kier molecular flexibility index (Phi) is 6.56. The zero-order chi connectivity index (χ0) is 24.4. The number of carbonyl (C=O) groups is 1. The summed E-state index contributed by atoms with van der Waals surface area (Å²) in [4.78, 5) is 16.1. The fourth-order valence-electron chi connectivity index (χ4n) is 2.94. The van der Waals surface area contributed by atoms with E-state index < -0.39 is 58.6 Å². The summed E-state index contributed by atoms with van der Waals surface area (Å²) in [5.74, 6) is -2.07. The minimum absolute atomic E-state index is 0.151. The summed E-state index contributed by atoms with van der Waals surface area (Å²) in [6.07, 6.45) is -8.57. The Morgan fingerprint density at radius 1 is 0.879 bits per heavy atom. The summed E-state index contributed by atoms with van der Waals surface area (Å²) in [5.41, 5.74) is -3.61. The summed E-state index contributed by atoms with van der Waals surface area (Å²) >= 11 is 0. The van der Waals surface area contributed by atoms with Gasteiger partial charge in [-0.2, -0.15) is 26.3 Å². The van der Waals surface area contributed by atoms with Crippen molar-refractivity contribution < 1.29 is 39.9 Å². The van der Waals surface area contributed by atoms with Crippen LogP contribution in [-0.2, 0) is 12.4 Å². The van der Waals surface area contributed by atoms with Crippen molar-refractivity contribution in [3.8, 4) is 0 Å². The third kappa shape index (κ3) is 5.76. The lowest BCUT2D eigenvalue weighted by atomic mass is 9.98. The Bertz CT molecular complexity index is 1140. The van der Waals surface area contributed by atoms with Gasteiger partial charge in [0.2, 0.25) is 0 Å². The molecule has 2 N–H and O–H groups in total. The van der Waals surface area contributed by atoms with Gasteiger partial charge in [-0.15, -0.1) is 0 Å². The molecule has 3 rings (SSSR count). The Balaban J connectivity index is 2.00. The van der Waals surface area contributed by atoms with E-state index in [4.69, 9.17) is 0 Å². The molecule has 2 aromatic carbocycles. The molecular formula is C21H13F8N3O. The number of nitrogens with zero attached hydrogens (tertiary/aromatic N) is 1. The lowest BCUT2D eigenvalue weighted by Gasteiger charge is -2.23. The van der Waals surface area contributed by atoms with E-state index in [0.29, 0.717) is 24.3 Å². The highest BCUT2D eigenvalue weighted by molar-refractivity contribution is 5.89. The van der Waals surface area contributed by atoms with Crippen LogP contribution in [0.25, 0.3) is 0 Å². The molecule has 0 saturated carbocycles. The van der Waals surface area contributed by atoms with Crippen LogP contribution >= 0.6 is 0 Å². The summed E-state index contributed by atoms with van der Waals surface area (Å²) in [5, 5.41) is 4.18. The van der Waals surface area contributed by atoms with Gasteiger partial charge >= 0.3 is 18.4 Å². The number of halogens is 8. The number of benzene rings is 2. The number of nitrogens with one attached hydrogen (secondary N) is 2. The zero-order valence-electron chi connectivity index (χ0n) is 16.2. The molecule has 0 aliphatic rings. The zero-order valence-corrected chi connectivity index (χ0v) is 16.2. The number of anilines is 1. The number of rotatable bonds is 4. The van der Waals surface area contributed by atoms with Crippen LogP contribution in [0.5, 0.6) is 0 Å². The van der Waals surface area contributed by atoms with E-state index in [9.17, 15) is 39.9 Å². The van der Waals surface area contributed by atoms with Gasteiger partial charge in [-0.3, -0.25) is 4.98 Å². The first-order chi connectivity index (χ1) is 15.4. The molecule has 0 bridgehead atoms. The molecule has 0 radical (unpaired) electrons. The number of amides is 2. The van der Waals surface area contributed by atoms with Gasteiger partial charge in [-0.05, 0) is 42.0 Å². The van der Waals surface area contributed by atoms with Crippen molar-refractivity contribution in [2.45, 2.75) is 18.4 Å². The first-order valence-corrected chi connectivity index (χ1v) is 9.08. The van der Waals surface area contributed by atoms with Gasteiger partial charge in [-0.25, -0.2) is 13.6 Å². The predicted molar refractivity (Wildman–Crippen MR) is 101 cm³/mol. The lowest BCUT2D eigenvalue weighted by molar-refractivity contribution is -0.139. The summed E-state index contributed by atoms with van der Waals surface area (Å²) < 4.78 is 106. The third-order valence-electron chi connectivity index (χ3n) is 4.44. The fourth-order valence-corrected chi connectivity index (χ4v) is 2.94. The lowest BCUT2D eigenvalue weighted by Crippen LogP contribution is -2.35. The largest absolute Gasteiger partial charge is 0.418 e. The van der Waals surface area contributed by atoms with Gasteiger partial charge in [0, 0.05) is 12.3 Å². The Labute approximate surface area is 181 Å². The normalized spacial score (nSPS) is 12.8. The Hall–Kier alpha value is -3.70. The molecular weight excluding hydrogens is 462 g/mol. The Morgan fingerprint density at radius 3 is 2.12 bits per heavy atom. The summed E-state index contributed by atoms with van der Waals surface area (Å²) in [6.45, 7) is 0. The molecule has 1 atom stereocenters. The monoisotopic (exact) mass is 475 g/mol. The van der Waals surface area contributed by atoms with Crippen LogP contribution in [0.1, 0.15) is 28.4 Å². The second-order valence-electron chi connectivity index (χ2n) is 6.71. The minimum Gasteiger partial charge on any atom is -0.325 e. The van der Waals surface area contributed by atoms with Crippen LogP contribution in [-0.4, -0.2) is 11.0 Å². The maximum absolute atomic E-state index is 13.8. The molecule has 1 aromatic heterocycles. The van der Waals surface area contributed by atoms with Crippen LogP contribution in [0.15, 0.2) is 60.8 Å². The molecule has 0 aliphatic heterocycles. The van der Waals surface area contributed by atoms with E-state index in [2.05, 4.69) is 10.3 Å². The van der Waals surface area contributed by atoms with Gasteiger partial charge in [0.25, 0.3) is 0 Å². The average molecular weight is 475 g/mol. The molecule has 2 amide bonds. The molecule has 33 heavy (non-hydrogen) atoms. The van der Waals surface area contributed by atoms with E-state index >= 15 is 0 Å². The van der Waals surface area contributed by atoms with Gasteiger partial charge in [0.05, 0.1) is 28.6 Å². The molecule has 0 spiro atoms. The maximum atomic E-state index is 13.8. The molecule has 4 nitrogen and oxygen atoms in total. The smallest absolute Gasteiger partial charge is 0.325 e. The van der Waals surface area contributed by atoms with Crippen molar-refractivity contribution in [2.75, 3.05) is 5.32 Å². The highest BCUT2D eigenvalue weighted by Gasteiger charge is 2.37. The summed E-state index contributed by atoms with van der Waals surface area (Å²) in [7, 11) is 0. The molecule has 3 aromatic rings. The first kappa shape index (κ1) is 24.0. The standard InChI is InChI=1S/C21H13F8N3O/c22-13-7-8-16(15(23)10-13)31-19(33)32-17(11-3-5-12(6-4-11)20(24,25)26)18-14(21(27,28)29)2-1-9-30-18/h1-10,17H,(H2,31,32,33). The van der Waals surface area contributed by atoms with Crippen LogP contribution in [0.3, 0.4) is 0 Å². The second kappa shape index (κ2) is 9.04. The minimum atomic E-state index is -4.89. The van der Waals surface area contributed by atoms with Crippen LogP contribution in [0.4, 0.5) is 45.6 Å². The van der Waals surface area contributed by atoms with Crippen LogP contribution < -0.4 is 10.6 Å². The molecule has 0 fully saturated rings. The fraction of sp³-hybridized carbons (Fsp3) is 0.143. The third-order valence-corrected chi connectivity index (χ3v) is 4.44. The molecule has 1 unspecified atom stereocenters. The van der Waals surface area contributed by atoms with Gasteiger partial charge in [-0.1, -0.05) is 12.1 Å². The number of aromatic nitrogens is 1. The maximum Gasteiger partial charge on any atom is 0.418 e. The van der Waals surface area contributed by atoms with Gasteiger partial charge < -0.3 is 10.6 Å². The van der Waals surface area contributed by atoms with E-state index in [-0.39, 0.29) is 5.56 Å². The molecule has 1 heterocycles. The predicted octanol–water partition coefficient (Wildman–Crippen LogP) is 6.31. The van der Waals surface area contributed by atoms with E-state index in [1.807, 2.05) is 5.32 Å². The number of pyridine rings is 1. The van der Waals surface area contributed by atoms with E-state index in [1.54, 1.807) is 0 Å². The highest BCUT2D eigenvalue weighted by atomic mass is 19.4. The van der Waals surface area contributed by atoms with Crippen molar-refractivity contribution in [1.82, 2.24) is 10.3 Å². The van der Waals surface area contributed by atoms with Crippen LogP contribution in [0, 0.1) is 11.6 Å². The second-order valence-corrected chi connectivity index (χ2v) is 6.71. The number of carbonyl (C=O) groups excluding carboxylic acids is 1. The average Bonchev–Trinajstić information content (AvgIpc) is 2.73. The SMILES string of the molecule is O=C(Nc1ccc(F)cc1F)NC(c1ccc(C(F)(F)F)cc1)c1ncccc1C(F)(F)F. The number of alkyl halides is 6. The van der Waals surface area contributed by atoms with Gasteiger partial charge in [0.1, 0.15) is 11.6 Å². The van der Waals surface area contributed by atoms with E-state index in [0.717, 1.165) is 36.5 Å². The highest BCUT2D eigenvalue weighted by Crippen LogP contribution is 2.36.